The van der Waals surface area contributed by atoms with Crippen molar-refractivity contribution in [1.82, 2.24) is 4.90 Å². The van der Waals surface area contributed by atoms with E-state index in [2.05, 4.69) is 29.2 Å². The summed E-state index contributed by atoms with van der Waals surface area (Å²) in [4.78, 5) is 15.5. The molecule has 2 nitrogen and oxygen atoms in total. The van der Waals surface area contributed by atoms with Crippen LogP contribution in [0.1, 0.15) is 16.7 Å². The van der Waals surface area contributed by atoms with Gasteiger partial charge in [0.05, 0.1) is 0 Å². The highest BCUT2D eigenvalue weighted by molar-refractivity contribution is 6.14. The first-order valence-corrected chi connectivity index (χ1v) is 9.60. The Kier molecular flexibility index (Phi) is 5.60. The maximum absolute atomic E-state index is 13.2. The van der Waals surface area contributed by atoms with Gasteiger partial charge in [0.15, 0.2) is 5.78 Å². The van der Waals surface area contributed by atoms with Gasteiger partial charge in [-0.05, 0) is 28.8 Å². The van der Waals surface area contributed by atoms with E-state index in [0.29, 0.717) is 13.1 Å². The molecule has 0 amide bonds. The second kappa shape index (κ2) is 8.64. The van der Waals surface area contributed by atoms with Crippen LogP contribution in [0.15, 0.2) is 102 Å². The lowest BCUT2D eigenvalue weighted by Gasteiger charge is -2.30. The lowest BCUT2D eigenvalue weighted by Crippen LogP contribution is -2.37. The van der Waals surface area contributed by atoms with Crippen LogP contribution in [-0.4, -0.2) is 23.8 Å². The normalized spacial score (nSPS) is 17.9. The van der Waals surface area contributed by atoms with E-state index in [1.165, 1.54) is 5.56 Å². The number of rotatable bonds is 4. The molecule has 1 fully saturated rings. The maximum atomic E-state index is 13.2. The third-order valence-electron chi connectivity index (χ3n) is 4.90. The number of hydrogen-bond donors (Lipinski definition) is 0. The van der Waals surface area contributed by atoms with Crippen molar-refractivity contribution >= 4 is 17.9 Å². The van der Waals surface area contributed by atoms with Crippen molar-refractivity contribution in [3.8, 4) is 0 Å². The quantitative estimate of drug-likeness (QED) is 0.590. The average molecular weight is 365 g/mol. The Morgan fingerprint density at radius 2 is 1.07 bits per heavy atom. The molecular weight excluding hydrogens is 342 g/mol. The molecule has 0 radical (unpaired) electrons. The fraction of sp³-hybridized carbons (Fsp3) is 0.115. The van der Waals surface area contributed by atoms with Crippen LogP contribution in [0.3, 0.4) is 0 Å². The number of ketones is 1. The summed E-state index contributed by atoms with van der Waals surface area (Å²) in [6.07, 6.45) is 4.05. The number of likely N-dealkylation sites (tertiary alicyclic amines) is 1. The molecule has 0 spiro atoms. The molecule has 0 unspecified atom stereocenters. The number of Topliss-reactive ketones (excluding diaryl/α,β-unsaturated/α-hetero) is 1. The van der Waals surface area contributed by atoms with Crippen molar-refractivity contribution in [2.24, 2.45) is 0 Å². The molecule has 0 aliphatic carbocycles. The molecule has 3 aromatic carbocycles. The number of nitrogens with zero attached hydrogens (tertiary/aromatic N) is 1. The van der Waals surface area contributed by atoms with Gasteiger partial charge in [0.2, 0.25) is 0 Å². The molecule has 0 bridgehead atoms. The molecule has 0 saturated carbocycles. The van der Waals surface area contributed by atoms with E-state index in [9.17, 15) is 4.79 Å². The summed E-state index contributed by atoms with van der Waals surface area (Å²) in [7, 11) is 0. The molecule has 0 atom stereocenters. The molecule has 3 aromatic rings. The molecule has 1 heterocycles. The molecule has 28 heavy (non-hydrogen) atoms. The predicted molar refractivity (Wildman–Crippen MR) is 116 cm³/mol. The van der Waals surface area contributed by atoms with E-state index in [1.807, 2.05) is 78.9 Å². The zero-order valence-corrected chi connectivity index (χ0v) is 15.8. The Morgan fingerprint density at radius 1 is 0.643 bits per heavy atom. The van der Waals surface area contributed by atoms with E-state index in [0.717, 1.165) is 28.8 Å². The van der Waals surface area contributed by atoms with Crippen LogP contribution in [0, 0.1) is 0 Å². The number of carbonyl (C=O) groups is 1. The number of carbonyl (C=O) groups excluding carboxylic acids is 1. The molecule has 1 aliphatic rings. The summed E-state index contributed by atoms with van der Waals surface area (Å²) < 4.78 is 0. The molecule has 4 rings (SSSR count). The molecule has 0 aromatic heterocycles. The van der Waals surface area contributed by atoms with Gasteiger partial charge in [-0.3, -0.25) is 9.69 Å². The number of benzene rings is 3. The van der Waals surface area contributed by atoms with Gasteiger partial charge in [0.25, 0.3) is 0 Å². The van der Waals surface area contributed by atoms with Crippen LogP contribution in [-0.2, 0) is 11.3 Å². The fourth-order valence-corrected chi connectivity index (χ4v) is 3.56. The molecule has 138 valence electrons. The Labute approximate surface area is 166 Å². The largest absolute Gasteiger partial charge is 0.290 e. The van der Waals surface area contributed by atoms with Crippen LogP contribution < -0.4 is 0 Å². The second-order valence-electron chi connectivity index (χ2n) is 7.12. The Hall–Kier alpha value is -3.23. The van der Waals surface area contributed by atoms with E-state index in [4.69, 9.17) is 0 Å². The number of piperidine rings is 1. The van der Waals surface area contributed by atoms with Gasteiger partial charge in [-0.2, -0.15) is 0 Å². The second-order valence-corrected chi connectivity index (χ2v) is 7.12. The maximum Gasteiger partial charge on any atom is 0.187 e. The van der Waals surface area contributed by atoms with E-state index >= 15 is 0 Å². The van der Waals surface area contributed by atoms with Crippen LogP contribution in [0.5, 0.6) is 0 Å². The van der Waals surface area contributed by atoms with Crippen LogP contribution in [0.2, 0.25) is 0 Å². The Morgan fingerprint density at radius 3 is 1.54 bits per heavy atom. The van der Waals surface area contributed by atoms with E-state index in [1.54, 1.807) is 0 Å². The predicted octanol–water partition coefficient (Wildman–Crippen LogP) is 5.24. The summed E-state index contributed by atoms with van der Waals surface area (Å²) in [5.74, 6) is 0.150. The van der Waals surface area contributed by atoms with Gasteiger partial charge in [-0.1, -0.05) is 91.0 Å². The van der Waals surface area contributed by atoms with Gasteiger partial charge in [-0.25, -0.2) is 0 Å². The lowest BCUT2D eigenvalue weighted by atomic mass is 9.94. The fourth-order valence-electron chi connectivity index (χ4n) is 3.56. The third kappa shape index (κ3) is 4.54. The van der Waals surface area contributed by atoms with Crippen LogP contribution >= 0.6 is 0 Å². The number of hydrogen-bond acceptors (Lipinski definition) is 2. The van der Waals surface area contributed by atoms with Gasteiger partial charge in [0.1, 0.15) is 0 Å². The van der Waals surface area contributed by atoms with Crippen molar-refractivity contribution in [1.29, 1.82) is 0 Å². The molecule has 1 saturated heterocycles. The van der Waals surface area contributed by atoms with Crippen molar-refractivity contribution in [2.45, 2.75) is 6.54 Å². The SMILES string of the molecule is O=C1/C(=C\c2ccccc2)CN(Cc2ccccc2)C/C1=C\c1ccccc1. The molecule has 0 N–H and O–H groups in total. The highest BCUT2D eigenvalue weighted by Crippen LogP contribution is 2.23. The average Bonchev–Trinajstić information content (AvgIpc) is 2.74. The minimum atomic E-state index is 0.150. The summed E-state index contributed by atoms with van der Waals surface area (Å²) >= 11 is 0. The van der Waals surface area contributed by atoms with Gasteiger partial charge in [-0.15, -0.1) is 0 Å². The molecule has 1 aliphatic heterocycles. The van der Waals surface area contributed by atoms with Gasteiger partial charge < -0.3 is 0 Å². The monoisotopic (exact) mass is 365 g/mol. The third-order valence-corrected chi connectivity index (χ3v) is 4.90. The highest BCUT2D eigenvalue weighted by atomic mass is 16.1. The van der Waals surface area contributed by atoms with Crippen LogP contribution in [0.4, 0.5) is 0 Å². The summed E-state index contributed by atoms with van der Waals surface area (Å²) in [6, 6.07) is 30.6. The Bertz CT molecular complexity index is 927. The summed E-state index contributed by atoms with van der Waals surface area (Å²) in [6.45, 7) is 2.15. The minimum absolute atomic E-state index is 0.150. The smallest absolute Gasteiger partial charge is 0.187 e. The first-order valence-electron chi connectivity index (χ1n) is 9.60. The van der Waals surface area contributed by atoms with Gasteiger partial charge >= 0.3 is 0 Å². The summed E-state index contributed by atoms with van der Waals surface area (Å²) in [5, 5.41) is 0. The minimum Gasteiger partial charge on any atom is -0.290 e. The molecular formula is C26H23NO. The van der Waals surface area contributed by atoms with Crippen molar-refractivity contribution in [3.05, 3.63) is 119 Å². The first kappa shape index (κ1) is 18.1. The van der Waals surface area contributed by atoms with Crippen molar-refractivity contribution < 1.29 is 4.79 Å². The topological polar surface area (TPSA) is 20.3 Å². The van der Waals surface area contributed by atoms with E-state index < -0.39 is 0 Å². The van der Waals surface area contributed by atoms with Crippen LogP contribution in [0.25, 0.3) is 12.2 Å². The first-order chi connectivity index (χ1) is 13.8. The highest BCUT2D eigenvalue weighted by Gasteiger charge is 2.26. The lowest BCUT2D eigenvalue weighted by molar-refractivity contribution is -0.113. The Balaban J connectivity index is 1.66. The van der Waals surface area contributed by atoms with Gasteiger partial charge in [0, 0.05) is 30.8 Å². The zero-order chi connectivity index (χ0) is 19.2. The van der Waals surface area contributed by atoms with Crippen molar-refractivity contribution in [3.63, 3.8) is 0 Å². The van der Waals surface area contributed by atoms with E-state index in [-0.39, 0.29) is 5.78 Å². The standard InChI is InChI=1S/C26H23NO/c28-26-24(16-21-10-4-1-5-11-21)19-27(18-23-14-8-3-9-15-23)20-25(26)17-22-12-6-2-7-13-22/h1-17H,18-20H2/b24-16-,25-17+. The summed E-state index contributed by atoms with van der Waals surface area (Å²) in [5.41, 5.74) is 5.07. The van der Waals surface area contributed by atoms with Crippen molar-refractivity contribution in [2.75, 3.05) is 13.1 Å². The molecule has 2 heteroatoms. The zero-order valence-electron chi connectivity index (χ0n) is 15.8.